The van der Waals surface area contributed by atoms with Gasteiger partial charge in [0.25, 0.3) is 0 Å². The summed E-state index contributed by atoms with van der Waals surface area (Å²) in [6, 6.07) is 0. The van der Waals surface area contributed by atoms with Crippen LogP contribution >= 0.6 is 0 Å². The van der Waals surface area contributed by atoms with Crippen LogP contribution in [0.25, 0.3) is 0 Å². The summed E-state index contributed by atoms with van der Waals surface area (Å²) < 4.78 is 0. The summed E-state index contributed by atoms with van der Waals surface area (Å²) >= 11 is 0. The second-order valence-corrected chi connectivity index (χ2v) is 1.71. The molecular weight excluding hydrogens is 167 g/mol. The third kappa shape index (κ3) is 61.8. The molecule has 0 aromatic heterocycles. The van der Waals surface area contributed by atoms with Crippen LogP contribution in [0.1, 0.15) is 39.5 Å². The first-order valence-corrected chi connectivity index (χ1v) is 3.41. The van der Waals surface area contributed by atoms with Gasteiger partial charge in [0.15, 0.2) is 0 Å². The summed E-state index contributed by atoms with van der Waals surface area (Å²) in [7, 11) is 0. The van der Waals surface area contributed by atoms with Gasteiger partial charge in [-0.1, -0.05) is 26.7 Å². The Morgan fingerprint density at radius 3 is 1.00 bits per heavy atom. The molecule has 2 heteroatoms. The van der Waals surface area contributed by atoms with E-state index in [1.807, 2.05) is 0 Å². The molecule has 2 radical (unpaired) electrons. The van der Waals surface area contributed by atoms with Crippen molar-refractivity contribution in [3.05, 3.63) is 13.8 Å². The summed E-state index contributed by atoms with van der Waals surface area (Å²) in [4.78, 5) is 0. The van der Waals surface area contributed by atoms with E-state index in [0.29, 0.717) is 0 Å². The van der Waals surface area contributed by atoms with Crippen LogP contribution in [0.4, 0.5) is 0 Å². The molecule has 0 amide bonds. The van der Waals surface area contributed by atoms with E-state index >= 15 is 0 Å². The predicted octanol–water partition coefficient (Wildman–Crippen LogP) is 2.86. The quantitative estimate of drug-likeness (QED) is 0.458. The van der Waals surface area contributed by atoms with Crippen molar-refractivity contribution in [3.63, 3.8) is 0 Å². The average molecular weight is 185 g/mol. The zero-order chi connectivity index (χ0) is 6.83. The van der Waals surface area contributed by atoms with Crippen LogP contribution in [0.15, 0.2) is 0 Å². The second kappa shape index (κ2) is 32.1. The fraction of sp³-hybridized carbons (Fsp3) is 0.750. The van der Waals surface area contributed by atoms with Gasteiger partial charge in [-0.2, -0.15) is 12.8 Å². The molecule has 0 atom stereocenters. The Bertz CT molecular complexity index is 17.2. The fourth-order valence-electron chi connectivity index (χ4n) is 0. The van der Waals surface area contributed by atoms with Crippen LogP contribution < -0.4 is 0 Å². The second-order valence-electron chi connectivity index (χ2n) is 1.71. The van der Waals surface area contributed by atoms with Crippen molar-refractivity contribution in [2.24, 2.45) is 0 Å². The standard InChI is InChI=1S/2C4H9.Cu.Li/c2*1-3-4-2;;/h2*1,3-4H2,2H3;;/q2*-1;+2;. The largest absolute Gasteiger partial charge is 2.00 e. The van der Waals surface area contributed by atoms with E-state index in [0.717, 1.165) is 12.8 Å². The summed E-state index contributed by atoms with van der Waals surface area (Å²) in [5, 5.41) is 0. The third-order valence-electron chi connectivity index (χ3n) is 0.707. The van der Waals surface area contributed by atoms with Crippen LogP contribution in [0.5, 0.6) is 0 Å². The van der Waals surface area contributed by atoms with Crippen LogP contribution in [-0.2, 0) is 17.1 Å². The molecule has 0 spiro atoms. The number of unbranched alkanes of at least 4 members (excludes halogenated alkanes) is 2. The van der Waals surface area contributed by atoms with Gasteiger partial charge in [-0.3, -0.25) is 0 Å². The molecule has 0 saturated heterocycles. The first-order chi connectivity index (χ1) is 3.83. The van der Waals surface area contributed by atoms with Crippen molar-refractivity contribution < 1.29 is 17.1 Å². The Morgan fingerprint density at radius 2 is 1.00 bits per heavy atom. The fourth-order valence-corrected chi connectivity index (χ4v) is 0. The minimum absolute atomic E-state index is 0. The third-order valence-corrected chi connectivity index (χ3v) is 0.707. The molecule has 0 N–H and O–H groups in total. The summed E-state index contributed by atoms with van der Waals surface area (Å²) in [6.45, 7) is 11.4. The molecule has 0 aliphatic rings. The van der Waals surface area contributed by atoms with Crippen molar-refractivity contribution in [2.45, 2.75) is 39.5 Å². The van der Waals surface area contributed by atoms with Gasteiger partial charge in [0.05, 0.1) is 0 Å². The Labute approximate surface area is 89.2 Å². The normalized spacial score (nSPS) is 6.00. The van der Waals surface area contributed by atoms with Gasteiger partial charge in [0.2, 0.25) is 0 Å². The van der Waals surface area contributed by atoms with Crippen LogP contribution in [-0.4, -0.2) is 18.9 Å². The molecule has 0 aromatic rings. The average Bonchev–Trinajstić information content (AvgIpc) is 1.88. The maximum atomic E-state index is 3.60. The molecule has 0 nitrogen and oxygen atoms in total. The van der Waals surface area contributed by atoms with Gasteiger partial charge in [-0.15, -0.1) is 0 Å². The summed E-state index contributed by atoms with van der Waals surface area (Å²) in [5.41, 5.74) is 0. The van der Waals surface area contributed by atoms with Crippen LogP contribution in [0.3, 0.4) is 0 Å². The van der Waals surface area contributed by atoms with Gasteiger partial charge >= 0.3 is 17.1 Å². The molecule has 0 heterocycles. The Balaban J connectivity index is -0.0000000300. The zero-order valence-electron chi connectivity index (χ0n) is 7.54. The van der Waals surface area contributed by atoms with E-state index in [-0.39, 0.29) is 35.9 Å². The van der Waals surface area contributed by atoms with E-state index in [1.165, 1.54) is 12.8 Å². The molecule has 10 heavy (non-hydrogen) atoms. The van der Waals surface area contributed by atoms with Crippen molar-refractivity contribution in [1.29, 1.82) is 0 Å². The Morgan fingerprint density at radius 1 is 0.900 bits per heavy atom. The number of hydrogen-bond donors (Lipinski definition) is 0. The maximum absolute atomic E-state index is 3.60. The summed E-state index contributed by atoms with van der Waals surface area (Å²) in [5.74, 6) is 0. The molecule has 0 unspecified atom stereocenters. The minimum atomic E-state index is 0. The molecular formula is C8H18CuLi. The summed E-state index contributed by atoms with van der Waals surface area (Å²) in [6.07, 6.45) is 4.56. The van der Waals surface area contributed by atoms with Gasteiger partial charge < -0.3 is 13.8 Å². The minimum Gasteiger partial charge on any atom is -0.343 e. The molecule has 0 rings (SSSR count). The van der Waals surface area contributed by atoms with E-state index in [9.17, 15) is 0 Å². The van der Waals surface area contributed by atoms with E-state index in [4.69, 9.17) is 0 Å². The van der Waals surface area contributed by atoms with Gasteiger partial charge in [0, 0.05) is 18.9 Å². The number of rotatable bonds is 2. The van der Waals surface area contributed by atoms with Crippen molar-refractivity contribution in [3.8, 4) is 0 Å². The molecule has 0 aliphatic carbocycles. The smallest absolute Gasteiger partial charge is 0.343 e. The first-order valence-electron chi connectivity index (χ1n) is 3.41. The van der Waals surface area contributed by atoms with E-state index in [2.05, 4.69) is 27.7 Å². The molecule has 0 bridgehead atoms. The zero-order valence-corrected chi connectivity index (χ0v) is 8.49. The van der Waals surface area contributed by atoms with Crippen LogP contribution in [0.2, 0.25) is 0 Å². The van der Waals surface area contributed by atoms with Gasteiger partial charge in [0.1, 0.15) is 0 Å². The van der Waals surface area contributed by atoms with Crippen molar-refractivity contribution in [1.82, 2.24) is 0 Å². The van der Waals surface area contributed by atoms with Crippen LogP contribution in [0, 0.1) is 13.8 Å². The molecule has 0 aromatic carbocycles. The predicted molar refractivity (Wildman–Crippen MR) is 46.3 cm³/mol. The van der Waals surface area contributed by atoms with E-state index in [1.54, 1.807) is 0 Å². The van der Waals surface area contributed by atoms with Crippen molar-refractivity contribution >= 4 is 18.9 Å². The number of hydrogen-bond acceptors (Lipinski definition) is 0. The van der Waals surface area contributed by atoms with Gasteiger partial charge in [-0.25, -0.2) is 0 Å². The first kappa shape index (κ1) is 22.5. The van der Waals surface area contributed by atoms with Crippen molar-refractivity contribution in [2.75, 3.05) is 0 Å². The SMILES string of the molecule is [CH2-]CCC.[CH2-]CCC.[Cu+2].[Li]. The Hall–Kier alpha value is 1.12. The monoisotopic (exact) mass is 184 g/mol. The molecule has 0 fully saturated rings. The maximum Gasteiger partial charge on any atom is 2.00 e. The molecule has 0 saturated carbocycles. The molecule has 62 valence electrons. The topological polar surface area (TPSA) is 0 Å². The van der Waals surface area contributed by atoms with Gasteiger partial charge in [-0.05, 0) is 0 Å². The Kier molecular flexibility index (Phi) is 72.1. The van der Waals surface area contributed by atoms with E-state index < -0.39 is 0 Å². The molecule has 0 aliphatic heterocycles.